The van der Waals surface area contributed by atoms with E-state index in [2.05, 4.69) is 12.1 Å². The Kier molecular flexibility index (Phi) is 1.68. The summed E-state index contributed by atoms with van der Waals surface area (Å²) >= 11 is 5.95. The van der Waals surface area contributed by atoms with E-state index in [1.807, 2.05) is 12.1 Å². The minimum Gasteiger partial charge on any atom is -0.364 e. The third kappa shape index (κ3) is 1.11. The molecule has 0 bridgehead atoms. The lowest BCUT2D eigenvalue weighted by molar-refractivity contribution is 0.176. The molecule has 1 aliphatic heterocycles. The highest BCUT2D eigenvalue weighted by Gasteiger charge is 2.72. The first kappa shape index (κ1) is 9.49. The van der Waals surface area contributed by atoms with E-state index in [9.17, 15) is 0 Å². The van der Waals surface area contributed by atoms with Gasteiger partial charge in [-0.15, -0.1) is 0 Å². The maximum Gasteiger partial charge on any atom is 0.122 e. The highest BCUT2D eigenvalue weighted by molar-refractivity contribution is 6.30. The van der Waals surface area contributed by atoms with Crippen molar-refractivity contribution in [3.63, 3.8) is 0 Å². The lowest BCUT2D eigenvalue weighted by Gasteiger charge is -2.24. The number of epoxide rings is 1. The molecule has 1 aromatic rings. The molecule has 1 heterocycles. The quantitative estimate of drug-likeness (QED) is 0.726. The smallest absolute Gasteiger partial charge is 0.122 e. The van der Waals surface area contributed by atoms with Gasteiger partial charge in [-0.2, -0.15) is 0 Å². The van der Waals surface area contributed by atoms with Crippen LogP contribution in [0.4, 0.5) is 0 Å². The molecule has 84 valence electrons. The van der Waals surface area contributed by atoms with E-state index in [1.165, 1.54) is 31.2 Å². The van der Waals surface area contributed by atoms with E-state index in [1.54, 1.807) is 0 Å². The van der Waals surface area contributed by atoms with Crippen molar-refractivity contribution in [2.24, 2.45) is 11.3 Å². The number of hydrogen-bond acceptors (Lipinski definition) is 1. The Balaban J connectivity index is 1.73. The van der Waals surface area contributed by atoms with Crippen molar-refractivity contribution in [1.29, 1.82) is 0 Å². The zero-order chi connectivity index (χ0) is 10.8. The molecule has 1 nitrogen and oxygen atoms in total. The van der Waals surface area contributed by atoms with Crippen molar-refractivity contribution < 1.29 is 4.74 Å². The zero-order valence-corrected chi connectivity index (χ0v) is 9.96. The van der Waals surface area contributed by atoms with E-state index >= 15 is 0 Å². The van der Waals surface area contributed by atoms with Gasteiger partial charge in [-0.05, 0) is 49.3 Å². The lowest BCUT2D eigenvalue weighted by atomic mass is 9.80. The van der Waals surface area contributed by atoms with Crippen LogP contribution in [0, 0.1) is 11.3 Å². The van der Waals surface area contributed by atoms with Crippen LogP contribution < -0.4 is 0 Å². The summed E-state index contributed by atoms with van der Waals surface area (Å²) in [5.41, 5.74) is 1.92. The Hall–Kier alpha value is -0.530. The Morgan fingerprint density at radius 1 is 1.12 bits per heavy atom. The summed E-state index contributed by atoms with van der Waals surface area (Å²) in [4.78, 5) is 0. The molecule has 2 heteroatoms. The molecule has 2 saturated carbocycles. The van der Waals surface area contributed by atoms with Gasteiger partial charge in [0.15, 0.2) is 0 Å². The molecule has 0 N–H and O–H groups in total. The van der Waals surface area contributed by atoms with Gasteiger partial charge in [0.25, 0.3) is 0 Å². The molecule has 2 aliphatic carbocycles. The number of ether oxygens (including phenoxy) is 1. The number of hydrogen-bond donors (Lipinski definition) is 0. The van der Waals surface area contributed by atoms with E-state index in [0.717, 1.165) is 17.5 Å². The summed E-state index contributed by atoms with van der Waals surface area (Å²) in [5, 5.41) is 0.816. The maximum absolute atomic E-state index is 5.95. The average molecular weight is 235 g/mol. The minimum absolute atomic E-state index is 0.0682. The standard InChI is InChI=1S/C14H15ClO/c15-12-5-3-11(4-6-12)14(9-16-14)13(7-8-13)10-1-2-10/h3-6,10H,1-2,7-9H2. The summed E-state index contributed by atoms with van der Waals surface area (Å²) in [6, 6.07) is 8.28. The first-order chi connectivity index (χ1) is 7.77. The van der Waals surface area contributed by atoms with Crippen molar-refractivity contribution in [2.45, 2.75) is 31.3 Å². The molecular formula is C14H15ClO. The fourth-order valence-corrected chi connectivity index (χ4v) is 3.57. The molecule has 1 unspecified atom stereocenters. The van der Waals surface area contributed by atoms with Crippen LogP contribution in [0.1, 0.15) is 31.2 Å². The Morgan fingerprint density at radius 2 is 1.75 bits per heavy atom. The summed E-state index contributed by atoms with van der Waals surface area (Å²) < 4.78 is 5.91. The molecule has 0 spiro atoms. The zero-order valence-electron chi connectivity index (χ0n) is 9.21. The van der Waals surface area contributed by atoms with E-state index in [-0.39, 0.29) is 5.60 Å². The van der Waals surface area contributed by atoms with Crippen LogP contribution in [0.25, 0.3) is 0 Å². The molecular weight excluding hydrogens is 220 g/mol. The maximum atomic E-state index is 5.95. The largest absolute Gasteiger partial charge is 0.364 e. The third-order valence-corrected chi connectivity index (χ3v) is 4.95. The second-order valence-corrected chi connectivity index (χ2v) is 5.99. The summed E-state index contributed by atoms with van der Waals surface area (Å²) in [6.07, 6.45) is 5.55. The molecule has 0 radical (unpaired) electrons. The van der Waals surface area contributed by atoms with Crippen LogP contribution in [0.3, 0.4) is 0 Å². The van der Waals surface area contributed by atoms with Gasteiger partial charge in [0.1, 0.15) is 5.60 Å². The van der Waals surface area contributed by atoms with Crippen molar-refractivity contribution in [2.75, 3.05) is 6.61 Å². The highest BCUT2D eigenvalue weighted by Crippen LogP contribution is 2.74. The van der Waals surface area contributed by atoms with Gasteiger partial charge in [0.05, 0.1) is 6.61 Å². The van der Waals surface area contributed by atoms with Gasteiger partial charge in [0, 0.05) is 10.4 Å². The second kappa shape index (κ2) is 2.83. The van der Waals surface area contributed by atoms with Gasteiger partial charge in [-0.25, -0.2) is 0 Å². The van der Waals surface area contributed by atoms with Crippen LogP contribution in [0.5, 0.6) is 0 Å². The fraction of sp³-hybridized carbons (Fsp3) is 0.571. The van der Waals surface area contributed by atoms with Gasteiger partial charge in [0.2, 0.25) is 0 Å². The van der Waals surface area contributed by atoms with Gasteiger partial charge < -0.3 is 4.74 Å². The molecule has 16 heavy (non-hydrogen) atoms. The predicted octanol–water partition coefficient (Wildman–Crippen LogP) is 3.76. The van der Waals surface area contributed by atoms with Crippen LogP contribution in [-0.4, -0.2) is 6.61 Å². The average Bonchev–Trinajstić information content (AvgIpc) is 3.15. The van der Waals surface area contributed by atoms with Crippen molar-refractivity contribution in [1.82, 2.24) is 0 Å². The van der Waals surface area contributed by atoms with Crippen LogP contribution in [0.2, 0.25) is 5.02 Å². The van der Waals surface area contributed by atoms with Crippen LogP contribution in [-0.2, 0) is 10.3 Å². The van der Waals surface area contributed by atoms with Crippen LogP contribution in [0.15, 0.2) is 24.3 Å². The summed E-state index contributed by atoms with van der Waals surface area (Å²) in [6.45, 7) is 0.922. The third-order valence-electron chi connectivity index (χ3n) is 4.70. The Labute approximate surface area is 101 Å². The van der Waals surface area contributed by atoms with E-state index in [4.69, 9.17) is 16.3 Å². The topological polar surface area (TPSA) is 12.5 Å². The number of rotatable bonds is 3. The van der Waals surface area contributed by atoms with Crippen molar-refractivity contribution >= 4 is 11.6 Å². The predicted molar refractivity (Wildman–Crippen MR) is 63.5 cm³/mol. The SMILES string of the molecule is Clc1ccc(C2(C3(C4CC4)CC3)CO2)cc1. The van der Waals surface area contributed by atoms with Crippen molar-refractivity contribution in [3.05, 3.63) is 34.9 Å². The molecule has 1 aromatic carbocycles. The first-order valence-electron chi connectivity index (χ1n) is 6.17. The molecule has 0 aromatic heterocycles. The van der Waals surface area contributed by atoms with Crippen molar-refractivity contribution in [3.8, 4) is 0 Å². The molecule has 3 aliphatic rings. The van der Waals surface area contributed by atoms with E-state index in [0.29, 0.717) is 5.41 Å². The Bertz CT molecular complexity index is 425. The van der Waals surface area contributed by atoms with Crippen LogP contribution >= 0.6 is 11.6 Å². The number of benzene rings is 1. The van der Waals surface area contributed by atoms with E-state index < -0.39 is 0 Å². The molecule has 3 fully saturated rings. The molecule has 0 amide bonds. The first-order valence-corrected chi connectivity index (χ1v) is 6.55. The van der Waals surface area contributed by atoms with Gasteiger partial charge in [-0.1, -0.05) is 23.7 Å². The van der Waals surface area contributed by atoms with Gasteiger partial charge >= 0.3 is 0 Å². The highest BCUT2D eigenvalue weighted by atomic mass is 35.5. The summed E-state index contributed by atoms with van der Waals surface area (Å²) in [5.74, 6) is 0.936. The fourth-order valence-electron chi connectivity index (χ4n) is 3.45. The molecule has 1 saturated heterocycles. The normalized spacial score (nSPS) is 34.8. The Morgan fingerprint density at radius 3 is 2.19 bits per heavy atom. The minimum atomic E-state index is 0.0682. The lowest BCUT2D eigenvalue weighted by Crippen LogP contribution is -2.25. The second-order valence-electron chi connectivity index (χ2n) is 5.55. The monoisotopic (exact) mass is 234 g/mol. The summed E-state index contributed by atoms with van der Waals surface area (Å²) in [7, 11) is 0. The molecule has 4 rings (SSSR count). The molecule has 1 atom stereocenters. The number of halogens is 1. The van der Waals surface area contributed by atoms with Gasteiger partial charge in [-0.3, -0.25) is 0 Å².